The van der Waals surface area contributed by atoms with Crippen LogP contribution < -0.4 is 10.4 Å². The molecule has 2 aromatic rings. The zero-order valence-electron chi connectivity index (χ0n) is 18.3. The van der Waals surface area contributed by atoms with Crippen molar-refractivity contribution in [2.75, 3.05) is 19.8 Å². The van der Waals surface area contributed by atoms with Crippen LogP contribution in [-0.4, -0.2) is 59.9 Å². The molecule has 0 heterocycles. The van der Waals surface area contributed by atoms with Gasteiger partial charge in [0.05, 0.1) is 0 Å². The van der Waals surface area contributed by atoms with Crippen molar-refractivity contribution >= 4 is 36.1 Å². The molecule has 168 valence electrons. The Morgan fingerprint density at radius 2 is 1.00 bits per heavy atom. The molecular formula is C22H32O6Si3. The highest BCUT2D eigenvalue weighted by atomic mass is 28.4. The van der Waals surface area contributed by atoms with Gasteiger partial charge in [-0.1, -0.05) is 72.1 Å². The molecule has 0 atom stereocenters. The Labute approximate surface area is 187 Å². The lowest BCUT2D eigenvalue weighted by Crippen LogP contribution is -2.57. The lowest BCUT2D eigenvalue weighted by molar-refractivity contribution is 0.0843. The van der Waals surface area contributed by atoms with Crippen LogP contribution in [0.1, 0.15) is 20.8 Å². The Morgan fingerprint density at radius 1 is 0.613 bits per heavy atom. The van der Waals surface area contributed by atoms with Gasteiger partial charge in [0, 0.05) is 19.8 Å². The highest BCUT2D eigenvalue weighted by Gasteiger charge is 2.41. The van der Waals surface area contributed by atoms with Gasteiger partial charge in [0.1, 0.15) is 0 Å². The molecule has 31 heavy (non-hydrogen) atoms. The van der Waals surface area contributed by atoms with Gasteiger partial charge in [0.2, 0.25) is 0 Å². The van der Waals surface area contributed by atoms with E-state index in [1.807, 2.05) is 92.8 Å². The van der Waals surface area contributed by atoms with Crippen LogP contribution in [0.4, 0.5) is 0 Å². The molecule has 0 spiro atoms. The largest absolute Gasteiger partial charge is 0.528 e. The normalized spacial score (nSPS) is 13.4. The minimum absolute atomic E-state index is 0.442. The maximum atomic E-state index is 9.75. The van der Waals surface area contributed by atoms with E-state index in [0.29, 0.717) is 19.8 Å². The summed E-state index contributed by atoms with van der Waals surface area (Å²) < 4.78 is 18.0. The predicted octanol–water partition coefficient (Wildman–Crippen LogP) is 1.48. The number of rotatable bonds is 12. The van der Waals surface area contributed by atoms with Crippen molar-refractivity contribution in [2.24, 2.45) is 0 Å². The van der Waals surface area contributed by atoms with Gasteiger partial charge in [-0.3, -0.25) is 0 Å². The van der Waals surface area contributed by atoms with E-state index in [0.717, 1.165) is 16.1 Å². The molecule has 0 fully saturated rings. The van der Waals surface area contributed by atoms with Crippen LogP contribution in [0.2, 0.25) is 0 Å². The first-order chi connectivity index (χ1) is 14.8. The Morgan fingerprint density at radius 3 is 1.35 bits per heavy atom. The summed E-state index contributed by atoms with van der Waals surface area (Å²) in [6.07, 6.45) is 0. The quantitative estimate of drug-likeness (QED) is 0.402. The Balaban J connectivity index is 2.75. The van der Waals surface area contributed by atoms with Gasteiger partial charge < -0.3 is 27.7 Å². The van der Waals surface area contributed by atoms with Crippen LogP contribution in [0.15, 0.2) is 83.5 Å². The maximum absolute atomic E-state index is 9.75. The summed E-state index contributed by atoms with van der Waals surface area (Å²) in [6, 6.07) is 19.7. The molecule has 9 heteroatoms. The zero-order valence-corrected chi connectivity index (χ0v) is 21.3. The molecule has 3 N–H and O–H groups in total. The standard InChI is InChI=1S/C22H32O6Si3/c1-4-26-31(27-5-2,28-6-3)20-18-29(17-19-30(23,24)25,21-13-9-7-10-14-21)22-15-11-8-12-16-22/h7-20,23-25H,4-6H2,1-3H3. The average Bonchev–Trinajstić information content (AvgIpc) is 2.75. The molecule has 0 aliphatic carbocycles. The monoisotopic (exact) mass is 476 g/mol. The third-order valence-electron chi connectivity index (χ3n) is 4.66. The van der Waals surface area contributed by atoms with Crippen LogP contribution in [0.25, 0.3) is 0 Å². The Kier molecular flexibility index (Phi) is 9.75. The van der Waals surface area contributed by atoms with Crippen molar-refractivity contribution < 1.29 is 27.7 Å². The van der Waals surface area contributed by atoms with Gasteiger partial charge in [0.15, 0.2) is 8.07 Å². The fourth-order valence-electron chi connectivity index (χ4n) is 3.38. The number of hydrogen-bond acceptors (Lipinski definition) is 6. The highest BCUT2D eigenvalue weighted by Crippen LogP contribution is 2.17. The first-order valence-corrected chi connectivity index (χ1v) is 16.3. The van der Waals surface area contributed by atoms with Gasteiger partial charge >= 0.3 is 17.6 Å². The number of hydrogen-bond donors (Lipinski definition) is 3. The fourth-order valence-corrected chi connectivity index (χ4v) is 11.6. The molecule has 6 nitrogen and oxygen atoms in total. The number of benzene rings is 2. The van der Waals surface area contributed by atoms with Crippen LogP contribution in [0, 0.1) is 0 Å². The van der Waals surface area contributed by atoms with E-state index in [-0.39, 0.29) is 0 Å². The summed E-state index contributed by atoms with van der Waals surface area (Å²) in [6.45, 7) is 7.02. The third-order valence-corrected chi connectivity index (χ3v) is 12.6. The molecule has 0 aliphatic heterocycles. The van der Waals surface area contributed by atoms with Crippen LogP contribution in [-0.2, 0) is 13.3 Å². The molecule has 2 rings (SSSR count). The third kappa shape index (κ3) is 7.17. The molecule has 0 radical (unpaired) electrons. The van der Waals surface area contributed by atoms with E-state index >= 15 is 0 Å². The Hall–Kier alpha value is -1.67. The molecule has 0 amide bonds. The molecule has 0 aliphatic rings. The second-order valence-electron chi connectivity index (χ2n) is 6.86. The van der Waals surface area contributed by atoms with Crippen molar-refractivity contribution in [2.45, 2.75) is 20.8 Å². The van der Waals surface area contributed by atoms with Crippen molar-refractivity contribution in [1.29, 1.82) is 0 Å². The molecule has 2 aromatic carbocycles. The van der Waals surface area contributed by atoms with E-state index in [2.05, 4.69) is 0 Å². The molecular weight excluding hydrogens is 444 g/mol. The lowest BCUT2D eigenvalue weighted by atomic mass is 10.4. The van der Waals surface area contributed by atoms with E-state index in [1.165, 1.54) is 0 Å². The van der Waals surface area contributed by atoms with Crippen molar-refractivity contribution in [3.05, 3.63) is 83.5 Å². The van der Waals surface area contributed by atoms with E-state index in [9.17, 15) is 14.4 Å². The van der Waals surface area contributed by atoms with Crippen LogP contribution in [0.3, 0.4) is 0 Å². The van der Waals surface area contributed by atoms with Crippen molar-refractivity contribution in [3.63, 3.8) is 0 Å². The molecule has 0 bridgehead atoms. The fraction of sp³-hybridized carbons (Fsp3) is 0.273. The summed E-state index contributed by atoms with van der Waals surface area (Å²) in [7, 11) is -10.4. The predicted molar refractivity (Wildman–Crippen MR) is 129 cm³/mol. The average molecular weight is 477 g/mol. The summed E-state index contributed by atoms with van der Waals surface area (Å²) >= 11 is 0. The van der Waals surface area contributed by atoms with Gasteiger partial charge in [-0.25, -0.2) is 0 Å². The Bertz CT molecular complexity index is 781. The van der Waals surface area contributed by atoms with E-state index < -0.39 is 25.7 Å². The molecule has 0 saturated carbocycles. The second-order valence-corrected chi connectivity index (χ2v) is 14.5. The van der Waals surface area contributed by atoms with Gasteiger partial charge in [-0.05, 0) is 42.5 Å². The molecule has 0 saturated heterocycles. The first kappa shape index (κ1) is 25.6. The molecule has 0 aromatic heterocycles. The minimum atomic E-state index is -4.42. The highest BCUT2D eigenvalue weighted by molar-refractivity contribution is 7.10. The summed E-state index contributed by atoms with van der Waals surface area (Å²) in [4.78, 5) is 29.3. The summed E-state index contributed by atoms with van der Waals surface area (Å²) in [5, 5.41) is 2.03. The SMILES string of the molecule is CCO[Si](C=C[Si](C=C[Si](O)(O)O)(c1ccccc1)c1ccccc1)(OCC)OCC. The van der Waals surface area contributed by atoms with E-state index in [4.69, 9.17) is 13.3 Å². The smallest absolute Gasteiger partial charge is 0.387 e. The van der Waals surface area contributed by atoms with Gasteiger partial charge in [-0.2, -0.15) is 0 Å². The first-order valence-electron chi connectivity index (χ1n) is 10.4. The molecule has 0 unspecified atom stereocenters. The zero-order chi connectivity index (χ0) is 22.8. The van der Waals surface area contributed by atoms with E-state index in [1.54, 1.807) is 5.70 Å². The minimum Gasteiger partial charge on any atom is -0.387 e. The van der Waals surface area contributed by atoms with Crippen LogP contribution in [0.5, 0.6) is 0 Å². The van der Waals surface area contributed by atoms with Crippen molar-refractivity contribution in [3.8, 4) is 0 Å². The maximum Gasteiger partial charge on any atom is 0.528 e. The summed E-state index contributed by atoms with van der Waals surface area (Å²) in [5.41, 5.74) is 6.84. The van der Waals surface area contributed by atoms with Crippen molar-refractivity contribution in [1.82, 2.24) is 0 Å². The van der Waals surface area contributed by atoms with Crippen LogP contribution >= 0.6 is 0 Å². The lowest BCUT2D eigenvalue weighted by Gasteiger charge is -2.30. The van der Waals surface area contributed by atoms with Gasteiger partial charge in [0.25, 0.3) is 0 Å². The summed E-state index contributed by atoms with van der Waals surface area (Å²) in [5.74, 6) is 0. The second kappa shape index (κ2) is 11.8. The topological polar surface area (TPSA) is 88.4 Å². The van der Waals surface area contributed by atoms with Gasteiger partial charge in [-0.15, -0.1) is 0 Å².